The van der Waals surface area contributed by atoms with Crippen LogP contribution in [0.3, 0.4) is 0 Å². The number of amides is 4. The average Bonchev–Trinajstić information content (AvgIpc) is 3.50. The molecule has 1 saturated carbocycles. The number of carbonyl (C=O) groups excluding carboxylic acids is 4. The third-order valence-corrected chi connectivity index (χ3v) is 10.7. The lowest BCUT2D eigenvalue weighted by Crippen LogP contribution is -2.45. The summed E-state index contributed by atoms with van der Waals surface area (Å²) < 4.78 is 5.98. The van der Waals surface area contributed by atoms with E-state index in [1.54, 1.807) is 30.5 Å². The quantitative estimate of drug-likeness (QED) is 0.143. The van der Waals surface area contributed by atoms with Gasteiger partial charge in [-0.3, -0.25) is 29.0 Å². The number of ether oxygens (including phenoxy) is 1. The molecule has 3 aromatic carbocycles. The Balaban J connectivity index is 1.21. The Kier molecular flexibility index (Phi) is 7.37. The molecule has 8 rings (SSSR count). The highest BCUT2D eigenvalue weighted by molar-refractivity contribution is 6.59. The number of rotatable bonds is 5. The Bertz CT molecular complexity index is 2010. The van der Waals surface area contributed by atoms with E-state index in [1.165, 1.54) is 42.5 Å². The van der Waals surface area contributed by atoms with Crippen LogP contribution in [0.1, 0.15) is 18.4 Å². The first-order valence-electron chi connectivity index (χ1n) is 16.1. The van der Waals surface area contributed by atoms with Gasteiger partial charge in [-0.15, -0.1) is 0 Å². The van der Waals surface area contributed by atoms with Crippen molar-refractivity contribution in [3.8, 4) is 11.5 Å². The molecule has 0 bridgehead atoms. The summed E-state index contributed by atoms with van der Waals surface area (Å²) in [6.07, 6.45) is 4.14. The molecule has 3 aliphatic heterocycles. The van der Waals surface area contributed by atoms with E-state index in [2.05, 4.69) is 0 Å². The Morgan fingerprint density at radius 3 is 1.94 bits per heavy atom. The second-order valence-electron chi connectivity index (χ2n) is 13.3. The molecule has 3 aromatic rings. The van der Waals surface area contributed by atoms with Crippen LogP contribution in [-0.4, -0.2) is 63.1 Å². The molecule has 3 heterocycles. The number of aromatic hydroxyl groups is 1. The van der Waals surface area contributed by atoms with Gasteiger partial charge in [0.1, 0.15) is 11.5 Å². The van der Waals surface area contributed by atoms with Gasteiger partial charge in [0.05, 0.1) is 41.3 Å². The summed E-state index contributed by atoms with van der Waals surface area (Å²) in [6, 6.07) is 16.6. The molecular formula is C35H30B2N2O10. The summed E-state index contributed by atoms with van der Waals surface area (Å²) in [6.45, 7) is 0. The van der Waals surface area contributed by atoms with Crippen LogP contribution in [0.25, 0.3) is 0 Å². The molecule has 6 unspecified atom stereocenters. The van der Waals surface area contributed by atoms with Crippen molar-refractivity contribution in [3.05, 3.63) is 95.8 Å². The first-order chi connectivity index (χ1) is 23.5. The molecule has 0 spiro atoms. The summed E-state index contributed by atoms with van der Waals surface area (Å²) in [7, 11) is -3.61. The minimum absolute atomic E-state index is 0.0416. The molecule has 3 fully saturated rings. The maximum atomic E-state index is 14.4. The van der Waals surface area contributed by atoms with E-state index in [1.807, 2.05) is 6.08 Å². The van der Waals surface area contributed by atoms with Crippen molar-refractivity contribution < 1.29 is 49.1 Å². The van der Waals surface area contributed by atoms with Gasteiger partial charge in [-0.1, -0.05) is 35.9 Å². The fourth-order valence-corrected chi connectivity index (χ4v) is 8.57. The van der Waals surface area contributed by atoms with Gasteiger partial charge in [-0.25, -0.2) is 0 Å². The number of fused-ring (bicyclic) bond motifs is 5. The first kappa shape index (κ1) is 31.3. The minimum atomic E-state index is -1.82. The Morgan fingerprint density at radius 2 is 1.31 bits per heavy atom. The van der Waals surface area contributed by atoms with E-state index >= 15 is 0 Å². The predicted molar refractivity (Wildman–Crippen MR) is 176 cm³/mol. The minimum Gasteiger partial charge on any atom is -0.508 e. The van der Waals surface area contributed by atoms with Crippen molar-refractivity contribution in [3.63, 3.8) is 0 Å². The summed E-state index contributed by atoms with van der Waals surface area (Å²) >= 11 is 0. The molecule has 14 heteroatoms. The lowest BCUT2D eigenvalue weighted by molar-refractivity contribution is -0.126. The second-order valence-corrected chi connectivity index (χ2v) is 13.3. The van der Waals surface area contributed by atoms with Crippen LogP contribution >= 0.6 is 0 Å². The van der Waals surface area contributed by atoms with E-state index < -0.39 is 73.4 Å². The molecule has 5 aliphatic rings. The zero-order chi connectivity index (χ0) is 34.3. The Morgan fingerprint density at radius 1 is 0.694 bits per heavy atom. The highest BCUT2D eigenvalue weighted by Gasteiger charge is 2.62. The van der Waals surface area contributed by atoms with Gasteiger partial charge in [-0.05, 0) is 77.7 Å². The van der Waals surface area contributed by atoms with Crippen LogP contribution in [0, 0.1) is 35.5 Å². The van der Waals surface area contributed by atoms with Gasteiger partial charge in [-0.2, -0.15) is 0 Å². The second kappa shape index (κ2) is 11.6. The van der Waals surface area contributed by atoms with Crippen molar-refractivity contribution in [2.75, 3.05) is 9.80 Å². The molecular weight excluding hydrogens is 630 g/mol. The number of phenolic OH excluding ortho intramolecular Hbond substituents is 1. The number of hydrogen-bond acceptors (Lipinski definition) is 10. The topological polar surface area (TPSA) is 185 Å². The molecule has 0 aromatic heterocycles. The van der Waals surface area contributed by atoms with Crippen molar-refractivity contribution in [2.24, 2.45) is 35.5 Å². The fraction of sp³-hybridized carbons (Fsp3) is 0.257. The maximum absolute atomic E-state index is 14.4. The number of imide groups is 2. The summed E-state index contributed by atoms with van der Waals surface area (Å²) in [5, 5.41) is 49.3. The third kappa shape index (κ3) is 4.85. The van der Waals surface area contributed by atoms with Gasteiger partial charge in [0, 0.05) is 17.9 Å². The normalized spacial score (nSPS) is 27.1. The molecule has 12 nitrogen and oxygen atoms in total. The molecule has 246 valence electrons. The monoisotopic (exact) mass is 660 g/mol. The molecule has 6 atom stereocenters. The highest BCUT2D eigenvalue weighted by atomic mass is 16.5. The van der Waals surface area contributed by atoms with Gasteiger partial charge >= 0.3 is 14.2 Å². The van der Waals surface area contributed by atoms with E-state index in [4.69, 9.17) is 4.74 Å². The predicted octanol–water partition coefficient (Wildman–Crippen LogP) is 0.148. The number of allylic oxidation sites excluding steroid dienone is 3. The van der Waals surface area contributed by atoms with Crippen LogP contribution in [0.4, 0.5) is 11.4 Å². The third-order valence-electron chi connectivity index (χ3n) is 10.7. The number of carbonyl (C=O) groups is 4. The van der Waals surface area contributed by atoms with Gasteiger partial charge in [0.25, 0.3) is 0 Å². The maximum Gasteiger partial charge on any atom is 0.488 e. The van der Waals surface area contributed by atoms with Gasteiger partial charge < -0.3 is 29.9 Å². The summed E-state index contributed by atoms with van der Waals surface area (Å²) in [5.41, 5.74) is 2.78. The lowest BCUT2D eigenvalue weighted by Gasteiger charge is -2.45. The molecule has 49 heavy (non-hydrogen) atoms. The summed E-state index contributed by atoms with van der Waals surface area (Å²) in [5.74, 6) is -5.78. The van der Waals surface area contributed by atoms with Crippen LogP contribution < -0.4 is 25.5 Å². The van der Waals surface area contributed by atoms with E-state index in [-0.39, 0.29) is 40.9 Å². The largest absolute Gasteiger partial charge is 0.508 e. The molecule has 2 aliphatic carbocycles. The van der Waals surface area contributed by atoms with E-state index in [9.17, 15) is 44.4 Å². The number of benzene rings is 3. The molecule has 2 saturated heterocycles. The number of anilines is 2. The number of nitrogens with zero attached hydrogens (tertiary/aromatic N) is 2. The zero-order valence-electron chi connectivity index (χ0n) is 25.9. The van der Waals surface area contributed by atoms with Crippen molar-refractivity contribution >= 4 is 60.2 Å². The average molecular weight is 660 g/mol. The number of phenols is 1. The lowest BCUT2D eigenvalue weighted by atomic mass is 9.56. The van der Waals surface area contributed by atoms with Crippen molar-refractivity contribution in [2.45, 2.75) is 19.3 Å². The first-order valence-corrected chi connectivity index (χ1v) is 16.1. The SMILES string of the molecule is O=C1C2CC=C3C(CC4C(=O)N(c5cccc(B(O)O)c5)C(=O)C4C3C3=COc4ccc(O)cc4C3)C2C(=O)N1c1cccc(B(O)O)c1. The fourth-order valence-electron chi connectivity index (χ4n) is 8.57. The molecule has 0 radical (unpaired) electrons. The van der Waals surface area contributed by atoms with Crippen molar-refractivity contribution in [1.29, 1.82) is 0 Å². The zero-order valence-corrected chi connectivity index (χ0v) is 25.9. The van der Waals surface area contributed by atoms with Crippen LogP contribution in [0.2, 0.25) is 0 Å². The Hall–Kier alpha value is -5.01. The van der Waals surface area contributed by atoms with Gasteiger partial charge in [0.15, 0.2) is 0 Å². The molecule has 5 N–H and O–H groups in total. The van der Waals surface area contributed by atoms with E-state index in [0.29, 0.717) is 23.3 Å². The number of hydrogen-bond donors (Lipinski definition) is 5. The van der Waals surface area contributed by atoms with Crippen LogP contribution in [0.5, 0.6) is 11.5 Å². The smallest absolute Gasteiger partial charge is 0.488 e. The summed E-state index contributed by atoms with van der Waals surface area (Å²) in [4.78, 5) is 59.0. The van der Waals surface area contributed by atoms with E-state index in [0.717, 1.165) is 15.4 Å². The van der Waals surface area contributed by atoms with Crippen LogP contribution in [0.15, 0.2) is 90.2 Å². The Labute approximate surface area is 280 Å². The molecule has 4 amide bonds. The van der Waals surface area contributed by atoms with Gasteiger partial charge in [0.2, 0.25) is 23.6 Å². The highest BCUT2D eigenvalue weighted by Crippen LogP contribution is 2.58. The van der Waals surface area contributed by atoms with Crippen LogP contribution in [-0.2, 0) is 25.6 Å². The standard InChI is InChI=1S/C35H30B2N2O10/c40-23-7-10-28-17(12-23)11-18(16-49-28)29-24-8-9-25-30(34(43)38(32(25)41)21-5-1-3-19(13-21)36(45)46)26(24)15-27-31(29)35(44)39(33(27)42)22-6-2-4-20(14-22)37(47)48/h1-8,10,12-14,16,25-27,29-31,40,45-48H,9,11,15H2. The van der Waals surface area contributed by atoms with Crippen molar-refractivity contribution in [1.82, 2.24) is 0 Å².